The lowest BCUT2D eigenvalue weighted by Crippen LogP contribution is -2.46. The number of hydrogen-bond donors (Lipinski definition) is 1. The van der Waals surface area contributed by atoms with E-state index in [4.69, 9.17) is 0 Å². The molecule has 0 aromatic heterocycles. The van der Waals surface area contributed by atoms with Crippen LogP contribution in [0.25, 0.3) is 10.8 Å². The van der Waals surface area contributed by atoms with Crippen LogP contribution in [0.4, 0.5) is 0 Å². The van der Waals surface area contributed by atoms with E-state index in [1.54, 1.807) is 0 Å². The van der Waals surface area contributed by atoms with E-state index in [-0.39, 0.29) is 0 Å². The summed E-state index contributed by atoms with van der Waals surface area (Å²) in [7, 11) is 0. The normalized spacial score (nSPS) is 23.5. The fraction of sp³-hybridized carbons (Fsp3) is 0.474. The molecule has 1 nitrogen and oxygen atoms in total. The lowest BCUT2D eigenvalue weighted by molar-refractivity contribution is 0.407. The minimum Gasteiger partial charge on any atom is -0.313 e. The molecule has 1 saturated heterocycles. The molecule has 2 atom stereocenters. The predicted octanol–water partition coefficient (Wildman–Crippen LogP) is 4.65. The van der Waals surface area contributed by atoms with E-state index in [0.717, 1.165) is 13.0 Å². The van der Waals surface area contributed by atoms with Crippen LogP contribution in [0.1, 0.15) is 32.3 Å². The second kappa shape index (κ2) is 6.41. The molecule has 1 aliphatic heterocycles. The molecule has 0 spiro atoms. The zero-order chi connectivity index (χ0) is 14.7. The van der Waals surface area contributed by atoms with Gasteiger partial charge in [-0.25, -0.2) is 0 Å². The monoisotopic (exact) mass is 299 g/mol. The Morgan fingerprint density at radius 3 is 2.76 bits per heavy atom. The van der Waals surface area contributed by atoms with E-state index in [1.807, 2.05) is 0 Å². The fourth-order valence-corrected chi connectivity index (χ4v) is 4.93. The number of likely N-dealkylation sites (N-methyl/N-ethyl adjacent to an activating group) is 1. The van der Waals surface area contributed by atoms with Crippen LogP contribution in [0.15, 0.2) is 42.5 Å². The van der Waals surface area contributed by atoms with E-state index in [0.29, 0.717) is 10.8 Å². The molecule has 0 aliphatic carbocycles. The zero-order valence-electron chi connectivity index (χ0n) is 13.1. The van der Waals surface area contributed by atoms with Crippen molar-refractivity contribution >= 4 is 22.5 Å². The predicted molar refractivity (Wildman–Crippen MR) is 95.2 cm³/mol. The summed E-state index contributed by atoms with van der Waals surface area (Å²) < 4.78 is 0.382. The van der Waals surface area contributed by atoms with Crippen LogP contribution in [-0.4, -0.2) is 23.1 Å². The molecule has 1 heterocycles. The van der Waals surface area contributed by atoms with Gasteiger partial charge in [0.05, 0.1) is 0 Å². The number of benzene rings is 2. The first-order valence-electron chi connectivity index (χ1n) is 8.07. The first kappa shape index (κ1) is 14.9. The molecule has 1 aliphatic rings. The maximum absolute atomic E-state index is 3.76. The molecule has 2 aromatic rings. The smallest absolute Gasteiger partial charge is 0.0288 e. The van der Waals surface area contributed by atoms with Gasteiger partial charge in [-0.3, -0.25) is 0 Å². The molecule has 2 heteroatoms. The molecule has 1 fully saturated rings. The van der Waals surface area contributed by atoms with E-state index >= 15 is 0 Å². The van der Waals surface area contributed by atoms with Crippen molar-refractivity contribution < 1.29 is 0 Å². The van der Waals surface area contributed by atoms with Crippen molar-refractivity contribution in [3.8, 4) is 0 Å². The first-order chi connectivity index (χ1) is 10.2. The lowest BCUT2D eigenvalue weighted by atomic mass is 9.89. The zero-order valence-corrected chi connectivity index (χ0v) is 13.9. The third-order valence-electron chi connectivity index (χ3n) is 4.74. The highest BCUT2D eigenvalue weighted by molar-refractivity contribution is 8.00. The summed E-state index contributed by atoms with van der Waals surface area (Å²) in [6.45, 7) is 5.72. The SMILES string of the molecule is CCNC(Cc1cccc2ccccc12)C1(C)CCCS1. The number of nitrogens with one attached hydrogen (secondary N) is 1. The highest BCUT2D eigenvalue weighted by atomic mass is 32.2. The van der Waals surface area contributed by atoms with Gasteiger partial charge in [0, 0.05) is 10.8 Å². The summed E-state index contributed by atoms with van der Waals surface area (Å²) in [6, 6.07) is 16.0. The molecule has 0 radical (unpaired) electrons. The standard InChI is InChI=1S/C19H25NS/c1-3-20-18(19(2)12-7-13-21-19)14-16-10-6-9-15-8-4-5-11-17(15)16/h4-6,8-11,18,20H,3,7,12-14H2,1-2H3. The van der Waals surface area contributed by atoms with Gasteiger partial charge in [0.15, 0.2) is 0 Å². The fourth-order valence-electron chi connectivity index (χ4n) is 3.52. The minimum absolute atomic E-state index is 0.382. The van der Waals surface area contributed by atoms with Gasteiger partial charge in [0.1, 0.15) is 0 Å². The number of fused-ring (bicyclic) bond motifs is 1. The van der Waals surface area contributed by atoms with Gasteiger partial charge in [-0.2, -0.15) is 11.8 Å². The van der Waals surface area contributed by atoms with Crippen molar-refractivity contribution in [1.82, 2.24) is 5.32 Å². The van der Waals surface area contributed by atoms with Crippen LogP contribution in [-0.2, 0) is 6.42 Å². The van der Waals surface area contributed by atoms with Crippen molar-refractivity contribution in [3.05, 3.63) is 48.0 Å². The van der Waals surface area contributed by atoms with Crippen LogP contribution >= 0.6 is 11.8 Å². The Morgan fingerprint density at radius 2 is 2.00 bits per heavy atom. The molecular weight excluding hydrogens is 274 g/mol. The summed E-state index contributed by atoms with van der Waals surface area (Å²) in [6.07, 6.45) is 3.82. The van der Waals surface area contributed by atoms with Gasteiger partial charge in [0.2, 0.25) is 0 Å². The van der Waals surface area contributed by atoms with Gasteiger partial charge >= 0.3 is 0 Å². The highest BCUT2D eigenvalue weighted by Crippen LogP contribution is 2.41. The number of hydrogen-bond acceptors (Lipinski definition) is 2. The van der Waals surface area contributed by atoms with E-state index in [9.17, 15) is 0 Å². The molecular formula is C19H25NS. The van der Waals surface area contributed by atoms with Crippen LogP contribution in [0.3, 0.4) is 0 Å². The molecule has 2 aromatic carbocycles. The number of rotatable bonds is 5. The summed E-state index contributed by atoms with van der Waals surface area (Å²) in [5.41, 5.74) is 1.48. The van der Waals surface area contributed by atoms with Crippen LogP contribution < -0.4 is 5.32 Å². The van der Waals surface area contributed by atoms with Crippen LogP contribution in [0.5, 0.6) is 0 Å². The summed E-state index contributed by atoms with van der Waals surface area (Å²) >= 11 is 2.15. The summed E-state index contributed by atoms with van der Waals surface area (Å²) in [5, 5.41) is 6.52. The highest BCUT2D eigenvalue weighted by Gasteiger charge is 2.37. The van der Waals surface area contributed by atoms with Gasteiger partial charge in [0.25, 0.3) is 0 Å². The van der Waals surface area contributed by atoms with Gasteiger partial charge in [-0.05, 0) is 54.8 Å². The largest absolute Gasteiger partial charge is 0.313 e. The second-order valence-electron chi connectivity index (χ2n) is 6.22. The first-order valence-corrected chi connectivity index (χ1v) is 9.05. The van der Waals surface area contributed by atoms with Gasteiger partial charge in [-0.15, -0.1) is 0 Å². The van der Waals surface area contributed by atoms with Crippen LogP contribution in [0, 0.1) is 0 Å². The summed E-state index contributed by atoms with van der Waals surface area (Å²) in [4.78, 5) is 0. The van der Waals surface area contributed by atoms with Gasteiger partial charge in [-0.1, -0.05) is 49.4 Å². The third kappa shape index (κ3) is 3.12. The average Bonchev–Trinajstić information content (AvgIpc) is 2.95. The van der Waals surface area contributed by atoms with Crippen molar-refractivity contribution in [3.63, 3.8) is 0 Å². The van der Waals surface area contributed by atoms with Crippen molar-refractivity contribution in [1.29, 1.82) is 0 Å². The second-order valence-corrected chi connectivity index (χ2v) is 7.85. The Labute approximate surface area is 132 Å². The van der Waals surface area contributed by atoms with Crippen molar-refractivity contribution in [2.75, 3.05) is 12.3 Å². The molecule has 0 amide bonds. The Hall–Kier alpha value is -0.990. The Balaban J connectivity index is 1.91. The van der Waals surface area contributed by atoms with E-state index < -0.39 is 0 Å². The minimum atomic E-state index is 0.382. The van der Waals surface area contributed by atoms with Gasteiger partial charge < -0.3 is 5.32 Å². The molecule has 1 N–H and O–H groups in total. The third-order valence-corrected chi connectivity index (χ3v) is 6.38. The summed E-state index contributed by atoms with van der Waals surface area (Å²) in [5.74, 6) is 1.31. The van der Waals surface area contributed by atoms with Crippen molar-refractivity contribution in [2.45, 2.75) is 43.9 Å². The van der Waals surface area contributed by atoms with Crippen molar-refractivity contribution in [2.24, 2.45) is 0 Å². The van der Waals surface area contributed by atoms with E-state index in [1.165, 1.54) is 34.9 Å². The Kier molecular flexibility index (Phi) is 4.56. The average molecular weight is 299 g/mol. The van der Waals surface area contributed by atoms with Crippen LogP contribution in [0.2, 0.25) is 0 Å². The molecule has 3 rings (SSSR count). The molecule has 2 unspecified atom stereocenters. The topological polar surface area (TPSA) is 12.0 Å². The lowest BCUT2D eigenvalue weighted by Gasteiger charge is -2.34. The Morgan fingerprint density at radius 1 is 1.19 bits per heavy atom. The molecule has 0 saturated carbocycles. The maximum Gasteiger partial charge on any atom is 0.0288 e. The molecule has 21 heavy (non-hydrogen) atoms. The van der Waals surface area contributed by atoms with E-state index in [2.05, 4.69) is 73.4 Å². The molecule has 0 bridgehead atoms. The number of thioether (sulfide) groups is 1. The Bertz CT molecular complexity index is 596. The molecule has 112 valence electrons. The quantitative estimate of drug-likeness (QED) is 0.862. The maximum atomic E-state index is 3.76.